The number of nitrogens with zero attached hydrogens (tertiary/aromatic N) is 5. The highest BCUT2D eigenvalue weighted by Crippen LogP contribution is 2.32. The Morgan fingerprint density at radius 3 is 2.61 bits per heavy atom. The SMILES string of the molecule is CCOc1ccc(C(c2nnnn2CCOC)N2CCC(C(N)=O)CC2)cc1. The molecule has 9 nitrogen and oxygen atoms in total. The lowest BCUT2D eigenvalue weighted by Gasteiger charge is -2.36. The Bertz CT molecular complexity index is 755. The number of rotatable bonds is 9. The number of benzene rings is 1. The van der Waals surface area contributed by atoms with Crippen molar-refractivity contribution in [3.05, 3.63) is 35.7 Å². The third-order valence-electron chi connectivity index (χ3n) is 5.12. The minimum Gasteiger partial charge on any atom is -0.494 e. The van der Waals surface area contributed by atoms with Crippen molar-refractivity contribution in [1.29, 1.82) is 0 Å². The second-order valence-corrected chi connectivity index (χ2v) is 6.87. The summed E-state index contributed by atoms with van der Waals surface area (Å²) in [5, 5.41) is 12.3. The standard InChI is InChI=1S/C19H28N6O3/c1-3-28-16-6-4-14(5-7-16)17(19-21-22-23-25(19)12-13-27-2)24-10-8-15(9-11-24)18(20)26/h4-7,15,17H,3,8-13H2,1-2H3,(H2,20,26). The van der Waals surface area contributed by atoms with E-state index in [-0.39, 0.29) is 17.9 Å². The first-order valence-corrected chi connectivity index (χ1v) is 9.65. The Morgan fingerprint density at radius 1 is 1.29 bits per heavy atom. The summed E-state index contributed by atoms with van der Waals surface area (Å²) in [5.41, 5.74) is 6.58. The van der Waals surface area contributed by atoms with Crippen LogP contribution in [0.3, 0.4) is 0 Å². The van der Waals surface area contributed by atoms with Crippen LogP contribution < -0.4 is 10.5 Å². The quantitative estimate of drug-likeness (QED) is 0.683. The lowest BCUT2D eigenvalue weighted by molar-refractivity contribution is -0.123. The number of nitrogens with two attached hydrogens (primary N) is 1. The number of likely N-dealkylation sites (tertiary alicyclic amines) is 1. The van der Waals surface area contributed by atoms with E-state index in [9.17, 15) is 4.79 Å². The molecule has 0 bridgehead atoms. The first kappa shape index (κ1) is 20.2. The summed E-state index contributed by atoms with van der Waals surface area (Å²) in [6.45, 7) is 5.19. The number of amides is 1. The molecule has 0 radical (unpaired) electrons. The highest BCUT2D eigenvalue weighted by molar-refractivity contribution is 5.76. The molecule has 1 saturated heterocycles. The van der Waals surface area contributed by atoms with Crippen LogP contribution in [-0.2, 0) is 16.1 Å². The molecule has 0 saturated carbocycles. The first-order chi connectivity index (χ1) is 13.6. The van der Waals surface area contributed by atoms with E-state index >= 15 is 0 Å². The normalized spacial score (nSPS) is 16.8. The molecule has 1 unspecified atom stereocenters. The Kier molecular flexibility index (Phi) is 6.94. The lowest BCUT2D eigenvalue weighted by Crippen LogP contribution is -2.41. The predicted molar refractivity (Wildman–Crippen MR) is 103 cm³/mol. The minimum absolute atomic E-state index is 0.0679. The predicted octanol–water partition coefficient (Wildman–Crippen LogP) is 1.00. The number of piperidine rings is 1. The zero-order valence-electron chi connectivity index (χ0n) is 16.5. The molecule has 3 rings (SSSR count). The van der Waals surface area contributed by atoms with Crippen LogP contribution in [0, 0.1) is 5.92 Å². The molecule has 1 aliphatic rings. The van der Waals surface area contributed by atoms with Crippen molar-refractivity contribution in [3.63, 3.8) is 0 Å². The smallest absolute Gasteiger partial charge is 0.220 e. The molecule has 28 heavy (non-hydrogen) atoms. The molecule has 1 atom stereocenters. The average Bonchev–Trinajstić information content (AvgIpc) is 3.16. The molecule has 1 fully saturated rings. The lowest BCUT2D eigenvalue weighted by atomic mass is 9.93. The molecule has 2 aromatic rings. The third-order valence-corrected chi connectivity index (χ3v) is 5.12. The van der Waals surface area contributed by atoms with Crippen LogP contribution >= 0.6 is 0 Å². The van der Waals surface area contributed by atoms with Crippen molar-refractivity contribution >= 4 is 5.91 Å². The first-order valence-electron chi connectivity index (χ1n) is 9.65. The topological polar surface area (TPSA) is 108 Å². The molecule has 0 aliphatic carbocycles. The molecular weight excluding hydrogens is 360 g/mol. The summed E-state index contributed by atoms with van der Waals surface area (Å²) in [4.78, 5) is 13.8. The van der Waals surface area contributed by atoms with Gasteiger partial charge in [0.25, 0.3) is 0 Å². The second kappa shape index (κ2) is 9.61. The molecule has 9 heteroatoms. The summed E-state index contributed by atoms with van der Waals surface area (Å²) < 4.78 is 12.5. The molecule has 1 aromatic carbocycles. The number of hydrogen-bond acceptors (Lipinski definition) is 7. The molecule has 1 aromatic heterocycles. The van der Waals surface area contributed by atoms with Gasteiger partial charge < -0.3 is 15.2 Å². The van der Waals surface area contributed by atoms with Crippen LogP contribution in [0.1, 0.15) is 37.2 Å². The summed E-state index contributed by atoms with van der Waals surface area (Å²) in [6.07, 6.45) is 1.48. The fraction of sp³-hybridized carbons (Fsp3) is 0.579. The number of carbonyl (C=O) groups excluding carboxylic acids is 1. The van der Waals surface area contributed by atoms with E-state index in [1.807, 2.05) is 31.2 Å². The molecule has 1 amide bonds. The van der Waals surface area contributed by atoms with Gasteiger partial charge in [-0.05, 0) is 61.0 Å². The Hall–Kier alpha value is -2.52. The van der Waals surface area contributed by atoms with Gasteiger partial charge in [-0.1, -0.05) is 12.1 Å². The van der Waals surface area contributed by atoms with Crippen molar-refractivity contribution in [2.45, 2.75) is 32.4 Å². The van der Waals surface area contributed by atoms with Crippen LogP contribution in [0.5, 0.6) is 5.75 Å². The van der Waals surface area contributed by atoms with Crippen LogP contribution in [-0.4, -0.2) is 64.4 Å². The zero-order chi connectivity index (χ0) is 19.9. The van der Waals surface area contributed by atoms with Crippen molar-refractivity contribution in [2.24, 2.45) is 11.7 Å². The van der Waals surface area contributed by atoms with Crippen molar-refractivity contribution in [3.8, 4) is 5.75 Å². The fourth-order valence-corrected chi connectivity index (χ4v) is 3.62. The molecule has 2 heterocycles. The maximum atomic E-state index is 11.5. The molecule has 152 valence electrons. The highest BCUT2D eigenvalue weighted by Gasteiger charge is 2.32. The van der Waals surface area contributed by atoms with Crippen LogP contribution in [0.2, 0.25) is 0 Å². The van der Waals surface area contributed by atoms with E-state index in [0.29, 0.717) is 19.8 Å². The number of methoxy groups -OCH3 is 1. The van der Waals surface area contributed by atoms with Gasteiger partial charge in [0.1, 0.15) is 5.75 Å². The van der Waals surface area contributed by atoms with E-state index in [1.54, 1.807) is 11.8 Å². The summed E-state index contributed by atoms with van der Waals surface area (Å²) in [5.74, 6) is 1.30. The molecule has 1 aliphatic heterocycles. The highest BCUT2D eigenvalue weighted by atomic mass is 16.5. The number of tetrazole rings is 1. The zero-order valence-corrected chi connectivity index (χ0v) is 16.5. The fourth-order valence-electron chi connectivity index (χ4n) is 3.62. The van der Waals surface area contributed by atoms with Crippen LogP contribution in [0.4, 0.5) is 0 Å². The number of ether oxygens (including phenoxy) is 2. The Balaban J connectivity index is 1.88. The Labute approximate surface area is 164 Å². The monoisotopic (exact) mass is 388 g/mol. The van der Waals surface area contributed by atoms with Gasteiger partial charge in [0.05, 0.1) is 25.8 Å². The maximum Gasteiger partial charge on any atom is 0.220 e. The molecule has 0 spiro atoms. The van der Waals surface area contributed by atoms with Gasteiger partial charge in [-0.2, -0.15) is 0 Å². The van der Waals surface area contributed by atoms with Crippen molar-refractivity contribution < 1.29 is 14.3 Å². The van der Waals surface area contributed by atoms with Gasteiger partial charge in [0.2, 0.25) is 5.91 Å². The van der Waals surface area contributed by atoms with Gasteiger partial charge >= 0.3 is 0 Å². The van der Waals surface area contributed by atoms with Gasteiger partial charge in [-0.15, -0.1) is 5.10 Å². The summed E-state index contributed by atoms with van der Waals surface area (Å²) in [7, 11) is 1.66. The van der Waals surface area contributed by atoms with E-state index in [4.69, 9.17) is 15.2 Å². The van der Waals surface area contributed by atoms with Gasteiger partial charge in [-0.3, -0.25) is 9.69 Å². The minimum atomic E-state index is -0.220. The molecular formula is C19H28N6O3. The average molecular weight is 388 g/mol. The van der Waals surface area contributed by atoms with Gasteiger partial charge in [-0.25, -0.2) is 4.68 Å². The van der Waals surface area contributed by atoms with Crippen LogP contribution in [0.25, 0.3) is 0 Å². The number of hydrogen-bond donors (Lipinski definition) is 1. The van der Waals surface area contributed by atoms with E-state index in [0.717, 1.165) is 43.1 Å². The number of carbonyl (C=O) groups is 1. The van der Waals surface area contributed by atoms with Gasteiger partial charge in [0.15, 0.2) is 5.82 Å². The van der Waals surface area contributed by atoms with E-state index in [2.05, 4.69) is 20.4 Å². The molecule has 2 N–H and O–H groups in total. The number of aromatic nitrogens is 4. The van der Waals surface area contributed by atoms with E-state index < -0.39 is 0 Å². The van der Waals surface area contributed by atoms with Crippen molar-refractivity contribution in [2.75, 3.05) is 33.4 Å². The second-order valence-electron chi connectivity index (χ2n) is 6.87. The third kappa shape index (κ3) is 4.66. The van der Waals surface area contributed by atoms with Crippen LogP contribution in [0.15, 0.2) is 24.3 Å². The van der Waals surface area contributed by atoms with Crippen molar-refractivity contribution in [1.82, 2.24) is 25.1 Å². The largest absolute Gasteiger partial charge is 0.494 e. The summed E-state index contributed by atoms with van der Waals surface area (Å²) in [6, 6.07) is 7.91. The maximum absolute atomic E-state index is 11.5. The number of primary amides is 1. The van der Waals surface area contributed by atoms with Gasteiger partial charge in [0, 0.05) is 13.0 Å². The van der Waals surface area contributed by atoms with E-state index in [1.165, 1.54) is 0 Å². The Morgan fingerprint density at radius 2 is 2.00 bits per heavy atom. The summed E-state index contributed by atoms with van der Waals surface area (Å²) >= 11 is 0.